The molecule has 7 heteroatoms. The zero-order valence-electron chi connectivity index (χ0n) is 17.4. The molecule has 170 valence electrons. The molecule has 3 aromatic rings. The first-order chi connectivity index (χ1) is 15.2. The summed E-state index contributed by atoms with van der Waals surface area (Å²) >= 11 is 0. The Bertz CT molecular complexity index is 1130. The Balaban J connectivity index is 1.64. The van der Waals surface area contributed by atoms with Crippen LogP contribution in [0.1, 0.15) is 50.5 Å². The van der Waals surface area contributed by atoms with Gasteiger partial charge in [-0.25, -0.2) is 13.2 Å². The van der Waals surface area contributed by atoms with Crippen molar-refractivity contribution in [2.24, 2.45) is 5.92 Å². The van der Waals surface area contributed by atoms with Gasteiger partial charge in [0.15, 0.2) is 11.6 Å². The van der Waals surface area contributed by atoms with E-state index in [9.17, 15) is 26.3 Å². The van der Waals surface area contributed by atoms with Gasteiger partial charge < -0.3 is 4.74 Å². The fourth-order valence-corrected chi connectivity index (χ4v) is 4.61. The third kappa shape index (κ3) is 4.57. The molecule has 1 fully saturated rings. The monoisotopic (exact) mass is 452 g/mol. The summed E-state index contributed by atoms with van der Waals surface area (Å²) in [6, 6.07) is 9.72. The van der Waals surface area contributed by atoms with Crippen molar-refractivity contribution in [2.45, 2.75) is 51.3 Å². The highest BCUT2D eigenvalue weighted by atomic mass is 19.4. The lowest BCUT2D eigenvalue weighted by Gasteiger charge is -2.28. The van der Waals surface area contributed by atoms with Crippen LogP contribution in [-0.2, 0) is 0 Å². The molecule has 1 saturated carbocycles. The van der Waals surface area contributed by atoms with E-state index >= 15 is 0 Å². The summed E-state index contributed by atoms with van der Waals surface area (Å²) in [4.78, 5) is 0. The van der Waals surface area contributed by atoms with Crippen LogP contribution >= 0.6 is 0 Å². The van der Waals surface area contributed by atoms with E-state index in [0.29, 0.717) is 11.5 Å². The maximum Gasteiger partial charge on any atom is 0.573 e. The second-order valence-electron chi connectivity index (χ2n) is 8.35. The molecule has 0 atom stereocenters. The second kappa shape index (κ2) is 8.68. The first-order valence-electron chi connectivity index (χ1n) is 10.6. The molecular formula is C25H22F6O. The lowest BCUT2D eigenvalue weighted by atomic mass is 9.77. The smallest absolute Gasteiger partial charge is 0.399 e. The van der Waals surface area contributed by atoms with Crippen LogP contribution in [0.4, 0.5) is 26.3 Å². The lowest BCUT2D eigenvalue weighted by molar-refractivity contribution is -0.276. The summed E-state index contributed by atoms with van der Waals surface area (Å²) in [6.45, 7) is 2.19. The Morgan fingerprint density at radius 1 is 0.875 bits per heavy atom. The highest BCUT2D eigenvalue weighted by molar-refractivity contribution is 5.89. The van der Waals surface area contributed by atoms with Crippen LogP contribution in [-0.4, -0.2) is 6.36 Å². The van der Waals surface area contributed by atoms with Crippen LogP contribution in [0.5, 0.6) is 5.75 Å². The zero-order chi connectivity index (χ0) is 23.0. The molecule has 1 nitrogen and oxygen atoms in total. The Morgan fingerprint density at radius 3 is 2.22 bits per heavy atom. The van der Waals surface area contributed by atoms with Crippen LogP contribution in [0.2, 0.25) is 0 Å². The standard InChI is InChI=1S/C25H22F6O/c1-2-14-3-5-15(6-4-14)16-7-9-19(21(26)12-16)17-8-10-20-18(11-17)13-22(27)24(23(20)28)32-25(29,30)31/h7-15H,2-6H2,1H3. The van der Waals surface area contributed by atoms with Crippen LogP contribution < -0.4 is 4.74 Å². The van der Waals surface area contributed by atoms with Crippen LogP contribution in [0.25, 0.3) is 21.9 Å². The van der Waals surface area contributed by atoms with E-state index in [1.165, 1.54) is 24.3 Å². The first-order valence-corrected chi connectivity index (χ1v) is 10.6. The molecule has 0 bridgehead atoms. The molecule has 3 aromatic carbocycles. The zero-order valence-corrected chi connectivity index (χ0v) is 17.4. The quantitative estimate of drug-likeness (QED) is 0.361. The Hall–Kier alpha value is -2.70. The number of hydrogen-bond acceptors (Lipinski definition) is 1. The number of benzene rings is 3. The van der Waals surface area contributed by atoms with Gasteiger partial charge in [-0.15, -0.1) is 13.2 Å². The molecule has 0 aliphatic heterocycles. The van der Waals surface area contributed by atoms with Crippen LogP contribution in [0.3, 0.4) is 0 Å². The van der Waals surface area contributed by atoms with Gasteiger partial charge >= 0.3 is 6.36 Å². The third-order valence-electron chi connectivity index (χ3n) is 6.40. The number of fused-ring (bicyclic) bond motifs is 1. The molecule has 1 aliphatic rings. The minimum absolute atomic E-state index is 0.00777. The molecule has 0 unspecified atom stereocenters. The van der Waals surface area contributed by atoms with Gasteiger partial charge in [0, 0.05) is 10.9 Å². The molecule has 4 rings (SSSR count). The number of ether oxygens (including phenoxy) is 1. The SMILES string of the molecule is CCC1CCC(c2ccc(-c3ccc4c(F)c(OC(F)(F)F)c(F)cc4c3)c(F)c2)CC1. The average molecular weight is 452 g/mol. The Morgan fingerprint density at radius 2 is 1.59 bits per heavy atom. The Labute approximate surface area is 182 Å². The average Bonchev–Trinajstić information content (AvgIpc) is 2.75. The lowest BCUT2D eigenvalue weighted by Crippen LogP contribution is -2.19. The summed E-state index contributed by atoms with van der Waals surface area (Å²) in [5.74, 6) is -3.85. The van der Waals surface area contributed by atoms with Crippen LogP contribution in [0, 0.1) is 23.4 Å². The molecule has 32 heavy (non-hydrogen) atoms. The highest BCUT2D eigenvalue weighted by Gasteiger charge is 2.34. The van der Waals surface area contributed by atoms with E-state index in [1.54, 1.807) is 6.07 Å². The third-order valence-corrected chi connectivity index (χ3v) is 6.40. The van der Waals surface area contributed by atoms with Gasteiger partial charge in [-0.2, -0.15) is 0 Å². The molecule has 0 radical (unpaired) electrons. The normalized spacial score (nSPS) is 19.3. The second-order valence-corrected chi connectivity index (χ2v) is 8.35. The summed E-state index contributed by atoms with van der Waals surface area (Å²) in [6.07, 6.45) is 0.240. The number of halogens is 6. The molecule has 0 amide bonds. The summed E-state index contributed by atoms with van der Waals surface area (Å²) < 4.78 is 84.3. The predicted octanol–water partition coefficient (Wildman–Crippen LogP) is 8.51. The molecule has 0 spiro atoms. The van der Waals surface area contributed by atoms with Crippen molar-refractivity contribution in [3.8, 4) is 16.9 Å². The van der Waals surface area contributed by atoms with Gasteiger partial charge in [0.25, 0.3) is 0 Å². The molecule has 0 N–H and O–H groups in total. The van der Waals surface area contributed by atoms with Gasteiger partial charge in [0.05, 0.1) is 0 Å². The predicted molar refractivity (Wildman–Crippen MR) is 111 cm³/mol. The summed E-state index contributed by atoms with van der Waals surface area (Å²) in [5.41, 5.74) is 1.57. The molecule has 0 heterocycles. The van der Waals surface area contributed by atoms with Gasteiger partial charge in [0.1, 0.15) is 5.82 Å². The van der Waals surface area contributed by atoms with E-state index < -0.39 is 29.6 Å². The fraction of sp³-hybridized carbons (Fsp3) is 0.360. The van der Waals surface area contributed by atoms with Crippen molar-refractivity contribution < 1.29 is 31.1 Å². The summed E-state index contributed by atoms with van der Waals surface area (Å²) in [7, 11) is 0. The highest BCUT2D eigenvalue weighted by Crippen LogP contribution is 2.39. The van der Waals surface area contributed by atoms with Crippen LogP contribution in [0.15, 0.2) is 42.5 Å². The topological polar surface area (TPSA) is 9.23 Å². The van der Waals surface area contributed by atoms with Gasteiger partial charge in [-0.3, -0.25) is 0 Å². The van der Waals surface area contributed by atoms with E-state index in [2.05, 4.69) is 11.7 Å². The molecule has 0 saturated heterocycles. The number of hydrogen-bond donors (Lipinski definition) is 0. The van der Waals surface area contributed by atoms with Crippen molar-refractivity contribution in [1.82, 2.24) is 0 Å². The first kappa shape index (κ1) is 22.5. The van der Waals surface area contributed by atoms with Crippen molar-refractivity contribution in [1.29, 1.82) is 0 Å². The van der Waals surface area contributed by atoms with Gasteiger partial charge in [0.2, 0.25) is 5.75 Å². The maximum atomic E-state index is 14.9. The maximum absolute atomic E-state index is 14.9. The van der Waals surface area contributed by atoms with Crippen molar-refractivity contribution in [3.63, 3.8) is 0 Å². The molecular weight excluding hydrogens is 430 g/mol. The van der Waals surface area contributed by atoms with E-state index in [0.717, 1.165) is 49.7 Å². The molecule has 0 aromatic heterocycles. The van der Waals surface area contributed by atoms with Crippen molar-refractivity contribution in [2.75, 3.05) is 0 Å². The van der Waals surface area contributed by atoms with E-state index in [1.807, 2.05) is 6.07 Å². The van der Waals surface area contributed by atoms with Gasteiger partial charge in [-0.1, -0.05) is 37.6 Å². The Kier molecular flexibility index (Phi) is 6.10. The number of rotatable bonds is 4. The largest absolute Gasteiger partial charge is 0.573 e. The summed E-state index contributed by atoms with van der Waals surface area (Å²) in [5, 5.41) is -0.243. The van der Waals surface area contributed by atoms with E-state index in [-0.39, 0.29) is 16.3 Å². The van der Waals surface area contributed by atoms with Crippen molar-refractivity contribution >= 4 is 10.8 Å². The number of alkyl halides is 3. The van der Waals surface area contributed by atoms with Crippen molar-refractivity contribution in [3.05, 3.63) is 65.5 Å². The van der Waals surface area contributed by atoms with E-state index in [4.69, 9.17) is 0 Å². The minimum atomic E-state index is -5.23. The van der Waals surface area contributed by atoms with Gasteiger partial charge in [-0.05, 0) is 72.2 Å². The fourth-order valence-electron chi connectivity index (χ4n) is 4.61. The minimum Gasteiger partial charge on any atom is -0.399 e. The molecule has 1 aliphatic carbocycles.